The Labute approximate surface area is 153 Å². The SMILES string of the molecule is COc1nc(SC)nc2c1NC1=C(S2)C(=O)NC(c2ccccc2)C1. The van der Waals surface area contributed by atoms with E-state index in [4.69, 9.17) is 4.74 Å². The molecule has 1 aromatic heterocycles. The zero-order valence-corrected chi connectivity index (χ0v) is 15.3. The van der Waals surface area contributed by atoms with Gasteiger partial charge in [-0.3, -0.25) is 4.79 Å². The third-order valence-corrected chi connectivity index (χ3v) is 5.74. The number of benzene rings is 1. The van der Waals surface area contributed by atoms with Gasteiger partial charge in [0, 0.05) is 12.1 Å². The molecule has 0 radical (unpaired) electrons. The van der Waals surface area contributed by atoms with Crippen LogP contribution in [0.5, 0.6) is 5.88 Å². The highest BCUT2D eigenvalue weighted by molar-refractivity contribution is 8.04. The Bertz CT molecular complexity index is 870. The maximum Gasteiger partial charge on any atom is 0.260 e. The van der Waals surface area contributed by atoms with Gasteiger partial charge in [-0.05, 0) is 11.8 Å². The molecule has 25 heavy (non-hydrogen) atoms. The number of anilines is 1. The highest BCUT2D eigenvalue weighted by atomic mass is 32.2. The van der Waals surface area contributed by atoms with Crippen LogP contribution in [0.1, 0.15) is 18.0 Å². The summed E-state index contributed by atoms with van der Waals surface area (Å²) < 4.78 is 5.41. The summed E-state index contributed by atoms with van der Waals surface area (Å²) in [6, 6.07) is 9.91. The first-order valence-electron chi connectivity index (χ1n) is 7.73. The zero-order valence-electron chi connectivity index (χ0n) is 13.7. The van der Waals surface area contributed by atoms with E-state index in [0.717, 1.165) is 16.9 Å². The Kier molecular flexibility index (Phi) is 4.30. The summed E-state index contributed by atoms with van der Waals surface area (Å²) in [5.74, 6) is 0.414. The molecule has 0 aliphatic carbocycles. The lowest BCUT2D eigenvalue weighted by molar-refractivity contribution is -0.118. The molecule has 128 valence electrons. The van der Waals surface area contributed by atoms with E-state index in [9.17, 15) is 4.79 Å². The van der Waals surface area contributed by atoms with Crippen molar-refractivity contribution in [3.63, 3.8) is 0 Å². The highest BCUT2D eigenvalue weighted by Gasteiger charge is 2.34. The van der Waals surface area contributed by atoms with E-state index in [-0.39, 0.29) is 11.9 Å². The van der Waals surface area contributed by atoms with Gasteiger partial charge >= 0.3 is 0 Å². The monoisotopic (exact) mass is 372 g/mol. The average Bonchev–Trinajstić information content (AvgIpc) is 2.66. The van der Waals surface area contributed by atoms with E-state index in [1.54, 1.807) is 7.11 Å². The molecule has 2 N–H and O–H groups in total. The van der Waals surface area contributed by atoms with Gasteiger partial charge in [0.1, 0.15) is 10.7 Å². The number of fused-ring (bicyclic) bond motifs is 1. The van der Waals surface area contributed by atoms with Gasteiger partial charge in [0.25, 0.3) is 5.91 Å². The predicted molar refractivity (Wildman–Crippen MR) is 98.8 cm³/mol. The van der Waals surface area contributed by atoms with Crippen LogP contribution in [0.25, 0.3) is 0 Å². The molecular formula is C17H16N4O2S2. The summed E-state index contributed by atoms with van der Waals surface area (Å²) in [6.07, 6.45) is 2.59. The summed E-state index contributed by atoms with van der Waals surface area (Å²) in [5, 5.41) is 7.75. The Hall–Kier alpha value is -2.19. The smallest absolute Gasteiger partial charge is 0.260 e. The van der Waals surface area contributed by atoms with Gasteiger partial charge in [0.2, 0.25) is 5.88 Å². The minimum Gasteiger partial charge on any atom is -0.479 e. The van der Waals surface area contributed by atoms with Crippen LogP contribution in [-0.4, -0.2) is 29.2 Å². The lowest BCUT2D eigenvalue weighted by atomic mass is 9.98. The van der Waals surface area contributed by atoms with E-state index in [1.807, 2.05) is 36.6 Å². The number of carbonyl (C=O) groups excluding carboxylic acids is 1. The van der Waals surface area contributed by atoms with E-state index < -0.39 is 0 Å². The molecule has 3 heterocycles. The van der Waals surface area contributed by atoms with Crippen molar-refractivity contribution in [1.82, 2.24) is 15.3 Å². The second kappa shape index (κ2) is 6.61. The van der Waals surface area contributed by atoms with Crippen LogP contribution < -0.4 is 15.4 Å². The Morgan fingerprint density at radius 1 is 1.28 bits per heavy atom. The van der Waals surface area contributed by atoms with Crippen molar-refractivity contribution in [2.45, 2.75) is 22.6 Å². The number of thioether (sulfide) groups is 2. The van der Waals surface area contributed by atoms with Gasteiger partial charge in [-0.1, -0.05) is 53.9 Å². The normalized spacial score (nSPS) is 18.8. The van der Waals surface area contributed by atoms with Crippen LogP contribution in [0.4, 0.5) is 5.69 Å². The molecule has 2 aromatic rings. The molecule has 0 fully saturated rings. The van der Waals surface area contributed by atoms with Gasteiger partial charge in [0.05, 0.1) is 18.1 Å². The number of hydrogen-bond donors (Lipinski definition) is 2. The molecule has 1 unspecified atom stereocenters. The minimum absolute atomic E-state index is 0.0560. The molecule has 0 saturated heterocycles. The molecule has 4 rings (SSSR count). The molecule has 2 aliphatic rings. The summed E-state index contributed by atoms with van der Waals surface area (Å²) in [4.78, 5) is 22.2. The van der Waals surface area contributed by atoms with Crippen LogP contribution in [-0.2, 0) is 4.79 Å². The number of aromatic nitrogens is 2. The number of carbonyl (C=O) groups is 1. The van der Waals surface area contributed by atoms with E-state index in [1.165, 1.54) is 23.5 Å². The molecule has 1 amide bonds. The molecule has 2 aliphatic heterocycles. The fourth-order valence-corrected chi connectivity index (χ4v) is 4.27. The first-order chi connectivity index (χ1) is 12.2. The van der Waals surface area contributed by atoms with E-state index >= 15 is 0 Å². The third-order valence-electron chi connectivity index (χ3n) is 4.07. The average molecular weight is 372 g/mol. The number of rotatable bonds is 3. The van der Waals surface area contributed by atoms with Crippen molar-refractivity contribution in [2.24, 2.45) is 0 Å². The molecule has 1 atom stereocenters. The summed E-state index contributed by atoms with van der Waals surface area (Å²) in [5.41, 5.74) is 2.69. The van der Waals surface area contributed by atoms with Gasteiger partial charge in [-0.2, -0.15) is 4.98 Å². The van der Waals surface area contributed by atoms with Gasteiger partial charge in [-0.15, -0.1) is 0 Å². The Balaban J connectivity index is 1.69. The molecule has 1 aromatic carbocycles. The fraction of sp³-hybridized carbons (Fsp3) is 0.235. The van der Waals surface area contributed by atoms with Crippen molar-refractivity contribution in [3.8, 4) is 5.88 Å². The molecular weight excluding hydrogens is 356 g/mol. The predicted octanol–water partition coefficient (Wildman–Crippen LogP) is 3.20. The van der Waals surface area contributed by atoms with Crippen LogP contribution in [0.2, 0.25) is 0 Å². The second-order valence-electron chi connectivity index (χ2n) is 5.58. The maximum atomic E-state index is 12.6. The fourth-order valence-electron chi connectivity index (χ4n) is 2.88. The highest BCUT2D eigenvalue weighted by Crippen LogP contribution is 2.46. The number of amides is 1. The Morgan fingerprint density at radius 3 is 2.80 bits per heavy atom. The number of ether oxygens (including phenoxy) is 1. The quantitative estimate of drug-likeness (QED) is 0.487. The van der Waals surface area contributed by atoms with Crippen molar-refractivity contribution in [1.29, 1.82) is 0 Å². The molecule has 0 bridgehead atoms. The minimum atomic E-state index is -0.0819. The molecule has 0 saturated carbocycles. The van der Waals surface area contributed by atoms with Crippen LogP contribution in [0.15, 0.2) is 51.1 Å². The van der Waals surface area contributed by atoms with Gasteiger partial charge in [0.15, 0.2) is 5.16 Å². The van der Waals surface area contributed by atoms with Crippen LogP contribution in [0.3, 0.4) is 0 Å². The topological polar surface area (TPSA) is 76.1 Å². The summed E-state index contributed by atoms with van der Waals surface area (Å²) in [7, 11) is 1.59. The van der Waals surface area contributed by atoms with Crippen molar-refractivity contribution in [2.75, 3.05) is 18.7 Å². The first-order valence-corrected chi connectivity index (χ1v) is 9.77. The summed E-state index contributed by atoms with van der Waals surface area (Å²) >= 11 is 2.81. The molecule has 6 nitrogen and oxygen atoms in total. The largest absolute Gasteiger partial charge is 0.479 e. The maximum absolute atomic E-state index is 12.6. The lowest BCUT2D eigenvalue weighted by Gasteiger charge is -2.32. The third kappa shape index (κ3) is 2.96. The number of nitrogens with one attached hydrogen (secondary N) is 2. The van der Waals surface area contributed by atoms with Crippen molar-refractivity contribution in [3.05, 3.63) is 46.5 Å². The van der Waals surface area contributed by atoms with E-state index in [0.29, 0.717) is 27.4 Å². The summed E-state index contributed by atoms with van der Waals surface area (Å²) in [6.45, 7) is 0. The number of methoxy groups -OCH3 is 1. The van der Waals surface area contributed by atoms with E-state index in [2.05, 4.69) is 20.6 Å². The molecule has 8 heteroatoms. The van der Waals surface area contributed by atoms with Crippen molar-refractivity contribution >= 4 is 35.1 Å². The number of nitrogens with zero attached hydrogens (tertiary/aromatic N) is 2. The van der Waals surface area contributed by atoms with Crippen LogP contribution in [0, 0.1) is 0 Å². The lowest BCUT2D eigenvalue weighted by Crippen LogP contribution is -2.36. The first kappa shape index (κ1) is 16.3. The van der Waals surface area contributed by atoms with Crippen LogP contribution >= 0.6 is 23.5 Å². The zero-order chi connectivity index (χ0) is 17.4. The second-order valence-corrected chi connectivity index (χ2v) is 7.35. The van der Waals surface area contributed by atoms with Crippen molar-refractivity contribution < 1.29 is 9.53 Å². The van der Waals surface area contributed by atoms with Gasteiger partial charge in [-0.25, -0.2) is 4.98 Å². The Morgan fingerprint density at radius 2 is 2.08 bits per heavy atom. The van der Waals surface area contributed by atoms with Gasteiger partial charge < -0.3 is 15.4 Å². The standard InChI is InChI=1S/C17H16N4O2S2/c1-23-15-12-16(21-17(20-15)24-2)25-13-11(18-12)8-10(19-14(13)22)9-6-4-3-5-7-9/h3-7,10,18H,8H2,1-2H3,(H,19,22). The molecule has 0 spiro atoms. The number of hydrogen-bond acceptors (Lipinski definition) is 7.